The quantitative estimate of drug-likeness (QED) is 0.444. The van der Waals surface area contributed by atoms with Crippen molar-refractivity contribution < 1.29 is 14.7 Å². The lowest BCUT2D eigenvalue weighted by atomic mass is 10.1. The van der Waals surface area contributed by atoms with Crippen LogP contribution in [0.15, 0.2) is 23.3 Å². The van der Waals surface area contributed by atoms with Crippen molar-refractivity contribution in [3.05, 3.63) is 23.3 Å². The number of allylic oxidation sites excluding steroid dienone is 4. The summed E-state index contributed by atoms with van der Waals surface area (Å²) in [6.45, 7) is 7.29. The predicted octanol–water partition coefficient (Wildman–Crippen LogP) is 3.36. The third-order valence-electron chi connectivity index (χ3n) is 1.78. The summed E-state index contributed by atoms with van der Waals surface area (Å²) in [6, 6.07) is 0. The molecule has 0 unspecified atom stereocenters. The molecule has 0 aromatic carbocycles. The van der Waals surface area contributed by atoms with Gasteiger partial charge in [0, 0.05) is 12.5 Å². The Kier molecular flexibility index (Phi) is 12.4. The van der Waals surface area contributed by atoms with Crippen LogP contribution < -0.4 is 0 Å². The van der Waals surface area contributed by atoms with E-state index in [0.29, 0.717) is 0 Å². The molecule has 0 saturated carbocycles. The number of carbonyl (C=O) groups is 2. The largest absolute Gasteiger partial charge is 0.481 e. The highest BCUT2D eigenvalue weighted by Crippen LogP contribution is 2.09. The van der Waals surface area contributed by atoms with E-state index in [1.807, 2.05) is 19.1 Å². The highest BCUT2D eigenvalue weighted by Gasteiger charge is 1.95. The molecule has 0 radical (unpaired) electrons. The molecule has 0 atom stereocenters. The smallest absolute Gasteiger partial charge is 0.300 e. The van der Waals surface area contributed by atoms with Gasteiger partial charge in [0.15, 0.2) is 0 Å². The summed E-state index contributed by atoms with van der Waals surface area (Å²) < 4.78 is 0. The number of hydrogen-bond acceptors (Lipinski definition) is 2. The fraction of sp³-hybridized carbons (Fsp3) is 0.538. The summed E-state index contributed by atoms with van der Waals surface area (Å²) in [5.74, 6) is -0.833. The van der Waals surface area contributed by atoms with Crippen LogP contribution in [-0.4, -0.2) is 17.4 Å². The molecule has 1 N–H and O–H groups in total. The molecule has 0 rings (SSSR count). The predicted molar refractivity (Wildman–Crippen MR) is 66.4 cm³/mol. The standard InChI is InChI=1S/C11H18O.C2H4O2/c1-4-6-8-11(9-12)10(3)7-5-2;1-2(3)4/h6,8-9H,4-5,7H2,1-3H3;1H3,(H,3,4)/b8-6?,11-10+;. The van der Waals surface area contributed by atoms with E-state index in [9.17, 15) is 4.79 Å². The molecule has 0 bridgehead atoms. The van der Waals surface area contributed by atoms with Gasteiger partial charge in [-0.25, -0.2) is 0 Å². The van der Waals surface area contributed by atoms with Gasteiger partial charge in [0.05, 0.1) is 0 Å². The van der Waals surface area contributed by atoms with E-state index in [1.165, 1.54) is 5.57 Å². The van der Waals surface area contributed by atoms with Crippen LogP contribution in [0.2, 0.25) is 0 Å². The van der Waals surface area contributed by atoms with Gasteiger partial charge < -0.3 is 5.11 Å². The minimum Gasteiger partial charge on any atom is -0.481 e. The highest BCUT2D eigenvalue weighted by atomic mass is 16.4. The van der Waals surface area contributed by atoms with Crippen LogP contribution in [0, 0.1) is 0 Å². The summed E-state index contributed by atoms with van der Waals surface area (Å²) in [6.07, 6.45) is 7.97. The van der Waals surface area contributed by atoms with Crippen molar-refractivity contribution in [3.63, 3.8) is 0 Å². The molecule has 0 saturated heterocycles. The number of carbonyl (C=O) groups excluding carboxylic acids is 1. The van der Waals surface area contributed by atoms with Crippen molar-refractivity contribution in [1.29, 1.82) is 0 Å². The second kappa shape index (κ2) is 11.7. The molecule has 0 spiro atoms. The van der Waals surface area contributed by atoms with E-state index < -0.39 is 5.97 Å². The van der Waals surface area contributed by atoms with E-state index >= 15 is 0 Å². The molecule has 0 fully saturated rings. The Morgan fingerprint density at radius 3 is 2.06 bits per heavy atom. The first kappa shape index (κ1) is 17.0. The average Bonchev–Trinajstić information content (AvgIpc) is 2.18. The maximum absolute atomic E-state index is 10.6. The molecular weight excluding hydrogens is 204 g/mol. The normalized spacial score (nSPS) is 11.5. The third-order valence-corrected chi connectivity index (χ3v) is 1.78. The first-order chi connectivity index (χ1) is 7.49. The van der Waals surface area contributed by atoms with Gasteiger partial charge in [0.25, 0.3) is 5.97 Å². The number of hydrogen-bond donors (Lipinski definition) is 1. The molecular formula is C13H22O3. The Morgan fingerprint density at radius 1 is 1.25 bits per heavy atom. The van der Waals surface area contributed by atoms with Gasteiger partial charge in [0.2, 0.25) is 0 Å². The summed E-state index contributed by atoms with van der Waals surface area (Å²) in [7, 11) is 0. The molecule has 3 heteroatoms. The van der Waals surface area contributed by atoms with E-state index in [1.54, 1.807) is 0 Å². The van der Waals surface area contributed by atoms with Crippen LogP contribution in [0.3, 0.4) is 0 Å². The van der Waals surface area contributed by atoms with Gasteiger partial charge in [-0.3, -0.25) is 9.59 Å². The van der Waals surface area contributed by atoms with Crippen LogP contribution >= 0.6 is 0 Å². The lowest BCUT2D eigenvalue weighted by Crippen LogP contribution is -1.86. The van der Waals surface area contributed by atoms with Crippen molar-refractivity contribution in [1.82, 2.24) is 0 Å². The average molecular weight is 226 g/mol. The zero-order chi connectivity index (χ0) is 13.0. The molecule has 0 amide bonds. The maximum atomic E-state index is 10.6. The monoisotopic (exact) mass is 226 g/mol. The summed E-state index contributed by atoms with van der Waals surface area (Å²) in [4.78, 5) is 19.6. The SMILES string of the molecule is CC(=O)O.CCC=C/C(C=O)=C(/C)CCC. The van der Waals surface area contributed by atoms with Crippen molar-refractivity contribution in [2.24, 2.45) is 0 Å². The van der Waals surface area contributed by atoms with Crippen LogP contribution in [0.4, 0.5) is 0 Å². The Bertz CT molecular complexity index is 258. The van der Waals surface area contributed by atoms with Gasteiger partial charge in [-0.2, -0.15) is 0 Å². The lowest BCUT2D eigenvalue weighted by molar-refractivity contribution is -0.134. The summed E-state index contributed by atoms with van der Waals surface area (Å²) in [5, 5.41) is 7.42. The number of aliphatic carboxylic acids is 1. The van der Waals surface area contributed by atoms with Gasteiger partial charge in [-0.15, -0.1) is 0 Å². The van der Waals surface area contributed by atoms with Crippen molar-refractivity contribution in [2.45, 2.75) is 47.0 Å². The first-order valence-electron chi connectivity index (χ1n) is 5.50. The lowest BCUT2D eigenvalue weighted by Gasteiger charge is -1.99. The fourth-order valence-electron chi connectivity index (χ4n) is 1.05. The number of carboxylic acids is 1. The molecule has 0 aromatic heterocycles. The van der Waals surface area contributed by atoms with Crippen molar-refractivity contribution in [3.8, 4) is 0 Å². The molecule has 0 aliphatic rings. The second-order valence-corrected chi connectivity index (χ2v) is 3.43. The molecule has 92 valence electrons. The van der Waals surface area contributed by atoms with E-state index in [0.717, 1.165) is 38.0 Å². The molecule has 0 heterocycles. The Hall–Kier alpha value is -1.38. The Labute approximate surface area is 97.9 Å². The van der Waals surface area contributed by atoms with E-state index in [-0.39, 0.29) is 0 Å². The molecule has 0 aromatic rings. The second-order valence-electron chi connectivity index (χ2n) is 3.43. The van der Waals surface area contributed by atoms with E-state index in [4.69, 9.17) is 9.90 Å². The topological polar surface area (TPSA) is 54.4 Å². The number of carboxylic acid groups (broad SMARTS) is 1. The Balaban J connectivity index is 0. The van der Waals surface area contributed by atoms with Crippen molar-refractivity contribution in [2.75, 3.05) is 0 Å². The minimum atomic E-state index is -0.833. The fourth-order valence-corrected chi connectivity index (χ4v) is 1.05. The summed E-state index contributed by atoms with van der Waals surface area (Å²) >= 11 is 0. The van der Waals surface area contributed by atoms with Gasteiger partial charge in [-0.1, -0.05) is 38.0 Å². The molecule has 16 heavy (non-hydrogen) atoms. The maximum Gasteiger partial charge on any atom is 0.300 e. The number of rotatable bonds is 5. The molecule has 0 aliphatic heterocycles. The minimum absolute atomic E-state index is 0.833. The van der Waals surface area contributed by atoms with Crippen LogP contribution in [-0.2, 0) is 9.59 Å². The third kappa shape index (κ3) is 12.6. The van der Waals surface area contributed by atoms with Gasteiger partial charge in [-0.05, 0) is 19.8 Å². The van der Waals surface area contributed by atoms with Crippen LogP contribution in [0.25, 0.3) is 0 Å². The van der Waals surface area contributed by atoms with Crippen LogP contribution in [0.1, 0.15) is 47.0 Å². The first-order valence-corrected chi connectivity index (χ1v) is 5.50. The van der Waals surface area contributed by atoms with Gasteiger partial charge in [0.1, 0.15) is 6.29 Å². The zero-order valence-electron chi connectivity index (χ0n) is 10.6. The molecule has 3 nitrogen and oxygen atoms in total. The van der Waals surface area contributed by atoms with Crippen LogP contribution in [0.5, 0.6) is 0 Å². The van der Waals surface area contributed by atoms with Crippen molar-refractivity contribution >= 4 is 12.3 Å². The Morgan fingerprint density at radius 2 is 1.75 bits per heavy atom. The summed E-state index contributed by atoms with van der Waals surface area (Å²) in [5.41, 5.74) is 2.04. The number of aldehydes is 1. The molecule has 0 aliphatic carbocycles. The zero-order valence-corrected chi connectivity index (χ0v) is 10.6. The van der Waals surface area contributed by atoms with E-state index in [2.05, 4.69) is 13.8 Å². The van der Waals surface area contributed by atoms with Gasteiger partial charge >= 0.3 is 0 Å². The highest BCUT2D eigenvalue weighted by molar-refractivity contribution is 5.78.